The Labute approximate surface area is 106 Å². The van der Waals surface area contributed by atoms with Crippen LogP contribution < -0.4 is 5.32 Å². The summed E-state index contributed by atoms with van der Waals surface area (Å²) in [5.41, 5.74) is 0.229. The van der Waals surface area contributed by atoms with E-state index < -0.39 is 0 Å². The third-order valence-electron chi connectivity index (χ3n) is 3.86. The average molecular weight is 240 g/mol. The van der Waals surface area contributed by atoms with Gasteiger partial charge in [-0.2, -0.15) is 0 Å². The van der Waals surface area contributed by atoms with Crippen LogP contribution in [0.25, 0.3) is 0 Å². The van der Waals surface area contributed by atoms with Crippen molar-refractivity contribution < 1.29 is 4.74 Å². The van der Waals surface area contributed by atoms with Crippen molar-refractivity contribution in [3.8, 4) is 0 Å². The lowest BCUT2D eigenvalue weighted by molar-refractivity contribution is -0.00294. The van der Waals surface area contributed by atoms with Gasteiger partial charge in [0.1, 0.15) is 0 Å². The molecule has 0 aromatic carbocycles. The molecule has 0 radical (unpaired) electrons. The Morgan fingerprint density at radius 1 is 1.06 bits per heavy atom. The number of hydrogen-bond acceptors (Lipinski definition) is 3. The van der Waals surface area contributed by atoms with E-state index >= 15 is 0 Å². The Hall–Kier alpha value is -0.120. The zero-order valence-electron chi connectivity index (χ0n) is 11.7. The third-order valence-corrected chi connectivity index (χ3v) is 3.86. The van der Waals surface area contributed by atoms with Crippen molar-refractivity contribution in [3.05, 3.63) is 0 Å². The lowest BCUT2D eigenvalue weighted by atomic mass is 9.87. The first-order chi connectivity index (χ1) is 8.06. The highest BCUT2D eigenvalue weighted by molar-refractivity contribution is 4.92. The summed E-state index contributed by atoms with van der Waals surface area (Å²) < 4.78 is 5.46. The molecule has 17 heavy (non-hydrogen) atoms. The molecule has 1 saturated carbocycles. The van der Waals surface area contributed by atoms with Crippen LogP contribution in [0.15, 0.2) is 0 Å². The van der Waals surface area contributed by atoms with Crippen LogP contribution in [0.2, 0.25) is 0 Å². The summed E-state index contributed by atoms with van der Waals surface area (Å²) in [5.74, 6) is 0. The second-order valence-corrected chi connectivity index (χ2v) is 6.50. The molecule has 0 unspecified atom stereocenters. The van der Waals surface area contributed by atoms with Gasteiger partial charge >= 0.3 is 0 Å². The number of nitrogens with one attached hydrogen (secondary N) is 1. The molecule has 1 aliphatic carbocycles. The summed E-state index contributed by atoms with van der Waals surface area (Å²) in [7, 11) is 0. The summed E-state index contributed by atoms with van der Waals surface area (Å²) in [6, 6.07) is 1.40. The molecular formula is C14H28N2O. The Morgan fingerprint density at radius 2 is 1.71 bits per heavy atom. The number of rotatable bonds is 2. The summed E-state index contributed by atoms with van der Waals surface area (Å²) >= 11 is 0. The Kier molecular flexibility index (Phi) is 4.45. The lowest BCUT2D eigenvalue weighted by Crippen LogP contribution is -2.58. The second kappa shape index (κ2) is 5.68. The van der Waals surface area contributed by atoms with Gasteiger partial charge in [-0.25, -0.2) is 0 Å². The van der Waals surface area contributed by atoms with E-state index in [4.69, 9.17) is 4.74 Å². The highest BCUT2D eigenvalue weighted by Crippen LogP contribution is 2.25. The fraction of sp³-hybridized carbons (Fsp3) is 1.00. The first-order valence-corrected chi connectivity index (χ1v) is 7.16. The molecular weight excluding hydrogens is 212 g/mol. The van der Waals surface area contributed by atoms with Gasteiger partial charge in [0.15, 0.2) is 0 Å². The molecule has 3 nitrogen and oxygen atoms in total. The van der Waals surface area contributed by atoms with Gasteiger partial charge in [-0.15, -0.1) is 0 Å². The quantitative estimate of drug-likeness (QED) is 0.799. The summed E-state index contributed by atoms with van der Waals surface area (Å²) in [4.78, 5) is 2.64. The largest absolute Gasteiger partial charge is 0.379 e. The number of ether oxygens (including phenoxy) is 1. The minimum atomic E-state index is 0.229. The van der Waals surface area contributed by atoms with Crippen LogP contribution >= 0.6 is 0 Å². The van der Waals surface area contributed by atoms with E-state index in [1.54, 1.807) is 0 Å². The van der Waals surface area contributed by atoms with Crippen molar-refractivity contribution in [2.75, 3.05) is 26.3 Å². The van der Waals surface area contributed by atoms with Gasteiger partial charge in [0, 0.05) is 30.7 Å². The van der Waals surface area contributed by atoms with Crippen LogP contribution in [0, 0.1) is 0 Å². The van der Waals surface area contributed by atoms with Crippen molar-refractivity contribution in [2.24, 2.45) is 0 Å². The van der Waals surface area contributed by atoms with E-state index in [9.17, 15) is 0 Å². The zero-order valence-corrected chi connectivity index (χ0v) is 11.7. The van der Waals surface area contributed by atoms with Gasteiger partial charge in [0.2, 0.25) is 0 Å². The minimum absolute atomic E-state index is 0.229. The van der Waals surface area contributed by atoms with E-state index in [0.29, 0.717) is 6.04 Å². The molecule has 0 bridgehead atoms. The molecule has 2 aliphatic rings. The van der Waals surface area contributed by atoms with Crippen molar-refractivity contribution in [1.82, 2.24) is 10.2 Å². The second-order valence-electron chi connectivity index (χ2n) is 6.50. The normalized spacial score (nSPS) is 32.6. The van der Waals surface area contributed by atoms with Crippen LogP contribution in [0.5, 0.6) is 0 Å². The van der Waals surface area contributed by atoms with Crippen molar-refractivity contribution >= 4 is 0 Å². The molecule has 0 amide bonds. The molecule has 2 rings (SSSR count). The summed E-state index contributed by atoms with van der Waals surface area (Å²) in [6.07, 6.45) is 5.46. The summed E-state index contributed by atoms with van der Waals surface area (Å²) in [5, 5.41) is 3.82. The molecule has 0 aromatic rings. The van der Waals surface area contributed by atoms with Gasteiger partial charge in [0.05, 0.1) is 13.2 Å². The predicted molar refractivity (Wildman–Crippen MR) is 71.3 cm³/mol. The number of hydrogen-bond donors (Lipinski definition) is 1. The van der Waals surface area contributed by atoms with Crippen LogP contribution in [-0.2, 0) is 4.74 Å². The van der Waals surface area contributed by atoms with Crippen LogP contribution in [-0.4, -0.2) is 48.8 Å². The topological polar surface area (TPSA) is 24.5 Å². The van der Waals surface area contributed by atoms with E-state index in [1.165, 1.54) is 25.7 Å². The Bertz CT molecular complexity index is 231. The molecule has 1 heterocycles. The highest BCUT2D eigenvalue weighted by atomic mass is 16.5. The maximum absolute atomic E-state index is 5.46. The molecule has 3 heteroatoms. The Morgan fingerprint density at radius 3 is 2.35 bits per heavy atom. The summed E-state index contributed by atoms with van der Waals surface area (Å²) in [6.45, 7) is 10.9. The van der Waals surface area contributed by atoms with Crippen molar-refractivity contribution in [2.45, 2.75) is 64.1 Å². The van der Waals surface area contributed by atoms with Gasteiger partial charge < -0.3 is 10.1 Å². The molecule has 1 saturated heterocycles. The molecule has 1 N–H and O–H groups in total. The van der Waals surface area contributed by atoms with E-state index in [-0.39, 0.29) is 5.54 Å². The average Bonchev–Trinajstić information content (AvgIpc) is 2.29. The van der Waals surface area contributed by atoms with Gasteiger partial charge in [-0.05, 0) is 33.6 Å². The maximum Gasteiger partial charge on any atom is 0.0594 e. The standard InChI is InChI=1S/C14H28N2O/c1-14(2,3)15-12-6-4-5-7-13(12)16-8-10-17-11-9-16/h12-13,15H,4-11H2,1-3H3/t12-,13-/m0/s1. The van der Waals surface area contributed by atoms with Crippen LogP contribution in [0.3, 0.4) is 0 Å². The van der Waals surface area contributed by atoms with E-state index in [2.05, 4.69) is 31.0 Å². The molecule has 2 atom stereocenters. The molecule has 2 fully saturated rings. The maximum atomic E-state index is 5.46. The monoisotopic (exact) mass is 240 g/mol. The van der Waals surface area contributed by atoms with Gasteiger partial charge in [-0.3, -0.25) is 4.90 Å². The van der Waals surface area contributed by atoms with Crippen LogP contribution in [0.1, 0.15) is 46.5 Å². The fourth-order valence-electron chi connectivity index (χ4n) is 3.18. The first kappa shape index (κ1) is 13.3. The van der Waals surface area contributed by atoms with Gasteiger partial charge in [-0.1, -0.05) is 12.8 Å². The van der Waals surface area contributed by atoms with Crippen LogP contribution in [0.4, 0.5) is 0 Å². The highest BCUT2D eigenvalue weighted by Gasteiger charge is 2.32. The molecule has 0 aromatic heterocycles. The SMILES string of the molecule is CC(C)(C)N[C@H]1CCCC[C@@H]1N1CCOCC1. The van der Waals surface area contributed by atoms with E-state index in [0.717, 1.165) is 32.3 Å². The first-order valence-electron chi connectivity index (χ1n) is 7.16. The lowest BCUT2D eigenvalue weighted by Gasteiger charge is -2.44. The Balaban J connectivity index is 1.95. The zero-order chi connectivity index (χ0) is 12.3. The fourth-order valence-corrected chi connectivity index (χ4v) is 3.18. The molecule has 100 valence electrons. The third kappa shape index (κ3) is 3.94. The number of morpholine rings is 1. The number of nitrogens with zero attached hydrogens (tertiary/aromatic N) is 1. The van der Waals surface area contributed by atoms with Crippen molar-refractivity contribution in [1.29, 1.82) is 0 Å². The van der Waals surface area contributed by atoms with Gasteiger partial charge in [0.25, 0.3) is 0 Å². The van der Waals surface area contributed by atoms with E-state index in [1.807, 2.05) is 0 Å². The predicted octanol–water partition coefficient (Wildman–Crippen LogP) is 2.02. The molecule has 0 spiro atoms. The molecule has 1 aliphatic heterocycles. The smallest absolute Gasteiger partial charge is 0.0594 e. The van der Waals surface area contributed by atoms with Crippen molar-refractivity contribution in [3.63, 3.8) is 0 Å². The minimum Gasteiger partial charge on any atom is -0.379 e.